The summed E-state index contributed by atoms with van der Waals surface area (Å²) in [6.45, 7) is 6.01. The maximum atomic E-state index is 13.1. The second-order valence-corrected chi connectivity index (χ2v) is 5.84. The summed E-state index contributed by atoms with van der Waals surface area (Å²) in [6.07, 6.45) is 1.65. The van der Waals surface area contributed by atoms with E-state index in [2.05, 4.69) is 0 Å². The highest BCUT2D eigenvalue weighted by Gasteiger charge is 2.22. The summed E-state index contributed by atoms with van der Waals surface area (Å²) in [6, 6.07) is 15.4. The summed E-state index contributed by atoms with van der Waals surface area (Å²) in [5.41, 5.74) is 3.27. The summed E-state index contributed by atoms with van der Waals surface area (Å²) in [5, 5.41) is 0.795. The van der Waals surface area contributed by atoms with Crippen LogP contribution in [-0.4, -0.2) is 22.9 Å². The van der Waals surface area contributed by atoms with E-state index in [0.717, 1.165) is 22.2 Å². The number of anilines is 1. The average molecular weight is 320 g/mol. The largest absolute Gasteiger partial charge is 0.309 e. The number of aryl methyl sites for hydroxylation is 1. The van der Waals surface area contributed by atoms with Crippen LogP contribution >= 0.6 is 0 Å². The van der Waals surface area contributed by atoms with E-state index in [9.17, 15) is 9.59 Å². The van der Waals surface area contributed by atoms with Crippen molar-refractivity contribution in [2.75, 3.05) is 11.4 Å². The molecule has 0 aliphatic carbocycles. The molecule has 122 valence electrons. The Morgan fingerprint density at radius 2 is 1.83 bits per heavy atom. The van der Waals surface area contributed by atoms with Gasteiger partial charge in [-0.2, -0.15) is 0 Å². The average Bonchev–Trinajstić information content (AvgIpc) is 2.95. The van der Waals surface area contributed by atoms with Gasteiger partial charge in [0.05, 0.1) is 11.1 Å². The zero-order valence-electron chi connectivity index (χ0n) is 14.1. The van der Waals surface area contributed by atoms with Crippen molar-refractivity contribution in [3.63, 3.8) is 0 Å². The summed E-state index contributed by atoms with van der Waals surface area (Å²) in [7, 11) is 0. The van der Waals surface area contributed by atoms with E-state index in [1.54, 1.807) is 11.1 Å². The van der Waals surface area contributed by atoms with Crippen LogP contribution in [-0.2, 0) is 0 Å². The monoisotopic (exact) mass is 320 g/mol. The van der Waals surface area contributed by atoms with Crippen LogP contribution in [0.3, 0.4) is 0 Å². The molecular weight excluding hydrogens is 300 g/mol. The smallest absolute Gasteiger partial charge is 0.260 e. The molecule has 0 saturated carbocycles. The van der Waals surface area contributed by atoms with E-state index in [1.807, 2.05) is 62.4 Å². The zero-order chi connectivity index (χ0) is 17.3. The predicted octanol–water partition coefficient (Wildman–Crippen LogP) is 4.28. The van der Waals surface area contributed by atoms with Gasteiger partial charge in [0.15, 0.2) is 0 Å². The SMILES string of the molecule is CCN(C(=O)c1cn(C(C)=O)c2ccccc12)c1cccc(C)c1. The van der Waals surface area contributed by atoms with Crippen molar-refractivity contribution < 1.29 is 9.59 Å². The van der Waals surface area contributed by atoms with E-state index in [0.29, 0.717) is 12.1 Å². The molecule has 3 aromatic rings. The Morgan fingerprint density at radius 1 is 1.08 bits per heavy atom. The highest BCUT2D eigenvalue weighted by atomic mass is 16.2. The first-order chi connectivity index (χ1) is 11.5. The van der Waals surface area contributed by atoms with Gasteiger partial charge in [0, 0.05) is 30.7 Å². The molecule has 1 aromatic heterocycles. The van der Waals surface area contributed by atoms with Gasteiger partial charge < -0.3 is 4.90 Å². The standard InChI is InChI=1S/C20H20N2O2/c1-4-21(16-9-7-8-14(2)12-16)20(24)18-13-22(15(3)23)19-11-6-5-10-17(18)19/h5-13H,4H2,1-3H3. The van der Waals surface area contributed by atoms with Crippen LogP contribution in [0.1, 0.15) is 34.6 Å². The summed E-state index contributed by atoms with van der Waals surface area (Å²) < 4.78 is 1.53. The first-order valence-corrected chi connectivity index (χ1v) is 8.02. The fourth-order valence-corrected chi connectivity index (χ4v) is 3.00. The molecule has 0 aliphatic heterocycles. The topological polar surface area (TPSA) is 42.3 Å². The molecule has 1 heterocycles. The third-order valence-corrected chi connectivity index (χ3v) is 4.16. The van der Waals surface area contributed by atoms with Gasteiger partial charge in [-0.05, 0) is 37.6 Å². The van der Waals surface area contributed by atoms with Gasteiger partial charge in [0.2, 0.25) is 5.91 Å². The van der Waals surface area contributed by atoms with Crippen molar-refractivity contribution in [1.29, 1.82) is 0 Å². The number of benzene rings is 2. The van der Waals surface area contributed by atoms with Gasteiger partial charge in [-0.15, -0.1) is 0 Å². The molecule has 0 atom stereocenters. The van der Waals surface area contributed by atoms with Crippen LogP contribution in [0, 0.1) is 6.92 Å². The minimum absolute atomic E-state index is 0.0979. The number of amides is 1. The molecule has 4 nitrogen and oxygen atoms in total. The van der Waals surface area contributed by atoms with E-state index < -0.39 is 0 Å². The molecule has 0 aliphatic rings. The number of carbonyl (C=O) groups is 2. The lowest BCUT2D eigenvalue weighted by Crippen LogP contribution is -2.30. The molecule has 0 unspecified atom stereocenters. The molecule has 2 aromatic carbocycles. The van der Waals surface area contributed by atoms with Gasteiger partial charge in [-0.1, -0.05) is 30.3 Å². The number of hydrogen-bond acceptors (Lipinski definition) is 2. The summed E-state index contributed by atoms with van der Waals surface area (Å²) >= 11 is 0. The zero-order valence-corrected chi connectivity index (χ0v) is 14.1. The number of hydrogen-bond donors (Lipinski definition) is 0. The Balaban J connectivity index is 2.12. The predicted molar refractivity (Wildman–Crippen MR) is 96.8 cm³/mol. The number of para-hydroxylation sites is 1. The molecule has 0 radical (unpaired) electrons. The molecule has 0 bridgehead atoms. The van der Waals surface area contributed by atoms with Crippen molar-refractivity contribution in [3.05, 3.63) is 65.9 Å². The Labute approximate surface area is 141 Å². The summed E-state index contributed by atoms with van der Waals surface area (Å²) in [4.78, 5) is 26.8. The van der Waals surface area contributed by atoms with Crippen LogP contribution in [0.5, 0.6) is 0 Å². The van der Waals surface area contributed by atoms with E-state index in [1.165, 1.54) is 11.5 Å². The highest BCUT2D eigenvalue weighted by Crippen LogP contribution is 2.25. The van der Waals surface area contributed by atoms with Gasteiger partial charge >= 0.3 is 0 Å². The van der Waals surface area contributed by atoms with Gasteiger partial charge in [-0.3, -0.25) is 14.2 Å². The van der Waals surface area contributed by atoms with Gasteiger partial charge in [0.1, 0.15) is 0 Å². The quantitative estimate of drug-likeness (QED) is 0.723. The fourth-order valence-electron chi connectivity index (χ4n) is 3.00. The fraction of sp³-hybridized carbons (Fsp3) is 0.200. The molecule has 0 N–H and O–H groups in total. The van der Waals surface area contributed by atoms with Crippen LogP contribution in [0.25, 0.3) is 10.9 Å². The van der Waals surface area contributed by atoms with Crippen LogP contribution in [0.15, 0.2) is 54.7 Å². The van der Waals surface area contributed by atoms with E-state index >= 15 is 0 Å². The van der Waals surface area contributed by atoms with Crippen LogP contribution in [0.4, 0.5) is 5.69 Å². The van der Waals surface area contributed by atoms with Crippen LogP contribution in [0.2, 0.25) is 0 Å². The molecule has 0 fully saturated rings. The Morgan fingerprint density at radius 3 is 2.50 bits per heavy atom. The molecule has 3 rings (SSSR count). The maximum Gasteiger partial charge on any atom is 0.260 e. The molecule has 0 spiro atoms. The molecule has 1 amide bonds. The third kappa shape index (κ3) is 2.71. The number of rotatable bonds is 3. The van der Waals surface area contributed by atoms with Crippen LogP contribution < -0.4 is 4.90 Å². The number of nitrogens with zero attached hydrogens (tertiary/aromatic N) is 2. The highest BCUT2D eigenvalue weighted by molar-refractivity contribution is 6.15. The Bertz CT molecular complexity index is 924. The lowest BCUT2D eigenvalue weighted by Gasteiger charge is -2.21. The molecule has 4 heteroatoms. The van der Waals surface area contributed by atoms with Crippen molar-refractivity contribution in [2.45, 2.75) is 20.8 Å². The summed E-state index contributed by atoms with van der Waals surface area (Å²) in [5.74, 6) is -0.205. The van der Waals surface area contributed by atoms with E-state index in [-0.39, 0.29) is 11.8 Å². The Hall–Kier alpha value is -2.88. The number of aromatic nitrogens is 1. The molecule has 24 heavy (non-hydrogen) atoms. The van der Waals surface area contributed by atoms with Crippen molar-refractivity contribution >= 4 is 28.4 Å². The first kappa shape index (κ1) is 16.0. The van der Waals surface area contributed by atoms with Crippen molar-refractivity contribution in [2.24, 2.45) is 0 Å². The maximum absolute atomic E-state index is 13.1. The normalized spacial score (nSPS) is 10.8. The first-order valence-electron chi connectivity index (χ1n) is 8.02. The molecule has 0 saturated heterocycles. The minimum atomic E-state index is -0.108. The second kappa shape index (κ2) is 6.32. The van der Waals surface area contributed by atoms with Gasteiger partial charge in [-0.25, -0.2) is 0 Å². The third-order valence-electron chi connectivity index (χ3n) is 4.16. The number of fused-ring (bicyclic) bond motifs is 1. The lowest BCUT2D eigenvalue weighted by molar-refractivity contribution is 0.0941. The van der Waals surface area contributed by atoms with Crippen molar-refractivity contribution in [1.82, 2.24) is 4.57 Å². The van der Waals surface area contributed by atoms with Crippen molar-refractivity contribution in [3.8, 4) is 0 Å². The Kier molecular flexibility index (Phi) is 4.21. The lowest BCUT2D eigenvalue weighted by atomic mass is 10.1. The van der Waals surface area contributed by atoms with Gasteiger partial charge in [0.25, 0.3) is 5.91 Å². The minimum Gasteiger partial charge on any atom is -0.309 e. The molecular formula is C20H20N2O2. The number of carbonyl (C=O) groups excluding carboxylic acids is 2. The second-order valence-electron chi connectivity index (χ2n) is 5.84. The van der Waals surface area contributed by atoms with E-state index in [4.69, 9.17) is 0 Å².